The van der Waals surface area contributed by atoms with Crippen LogP contribution in [0.1, 0.15) is 12.8 Å². The van der Waals surface area contributed by atoms with Gasteiger partial charge in [0.05, 0.1) is 20.1 Å². The lowest BCUT2D eigenvalue weighted by Crippen LogP contribution is -2.66. The van der Waals surface area contributed by atoms with Crippen LogP contribution in [-0.4, -0.2) is 41.9 Å². The van der Waals surface area contributed by atoms with Crippen LogP contribution in [0.4, 0.5) is 0 Å². The number of likely N-dealkylation sites (N-methyl/N-ethyl adjacent to an activating group) is 1. The highest BCUT2D eigenvalue weighted by Crippen LogP contribution is 2.38. The summed E-state index contributed by atoms with van der Waals surface area (Å²) in [5.41, 5.74) is -1.02. The van der Waals surface area contributed by atoms with Crippen LogP contribution in [0.5, 0.6) is 0 Å². The molecule has 3 heteroatoms. The highest BCUT2D eigenvalue weighted by molar-refractivity contribution is 5.07. The number of hydrogen-bond donors (Lipinski definition) is 1. The number of quaternary nitrogens is 1. The van der Waals surface area contributed by atoms with Gasteiger partial charge >= 0.3 is 0 Å². The van der Waals surface area contributed by atoms with Crippen LogP contribution in [0.2, 0.25) is 0 Å². The first-order valence-corrected chi connectivity index (χ1v) is 4.55. The van der Waals surface area contributed by atoms with Gasteiger partial charge in [0, 0.05) is 18.8 Å². The summed E-state index contributed by atoms with van der Waals surface area (Å²) in [6, 6.07) is 2.08. The lowest BCUT2D eigenvalue weighted by molar-refractivity contribution is -0.931. The van der Waals surface area contributed by atoms with E-state index in [-0.39, 0.29) is 5.92 Å². The van der Waals surface area contributed by atoms with E-state index in [1.165, 1.54) is 0 Å². The molecule has 1 atom stereocenters. The molecule has 3 fully saturated rings. The summed E-state index contributed by atoms with van der Waals surface area (Å²) in [7, 11) is 2.14. The summed E-state index contributed by atoms with van der Waals surface area (Å²) in [6.45, 7) is 2.90. The minimum absolute atomic E-state index is 0.238. The zero-order chi connectivity index (χ0) is 8.82. The molecule has 3 heterocycles. The predicted octanol–water partition coefficient (Wildman–Crippen LogP) is 0.111. The molecule has 12 heavy (non-hydrogen) atoms. The summed E-state index contributed by atoms with van der Waals surface area (Å²) >= 11 is 0. The third-order valence-electron chi connectivity index (χ3n) is 3.53. The van der Waals surface area contributed by atoms with Crippen LogP contribution >= 0.6 is 0 Å². The van der Waals surface area contributed by atoms with Gasteiger partial charge in [-0.25, -0.2) is 0 Å². The van der Waals surface area contributed by atoms with E-state index in [0.29, 0.717) is 6.54 Å². The first-order valence-electron chi connectivity index (χ1n) is 4.55. The molecule has 3 aliphatic heterocycles. The standard InChI is InChI=1S/C9H15N2O/c1-11-4-2-8(3-5-11)9(12,6-10)7-11/h8,12H,2-5,7H2,1H3/q+1/t8?,9-,11?/m0/s1. The van der Waals surface area contributed by atoms with Crippen molar-refractivity contribution >= 4 is 0 Å². The van der Waals surface area contributed by atoms with E-state index in [0.717, 1.165) is 30.4 Å². The monoisotopic (exact) mass is 167 g/mol. The molecule has 0 aromatic carbocycles. The van der Waals surface area contributed by atoms with Gasteiger partial charge in [-0.05, 0) is 0 Å². The molecule has 3 rings (SSSR count). The van der Waals surface area contributed by atoms with E-state index in [1.807, 2.05) is 0 Å². The highest BCUT2D eigenvalue weighted by atomic mass is 16.3. The fraction of sp³-hybridized carbons (Fsp3) is 0.889. The summed E-state index contributed by atoms with van der Waals surface area (Å²) < 4.78 is 0.889. The molecular weight excluding hydrogens is 152 g/mol. The summed E-state index contributed by atoms with van der Waals surface area (Å²) in [4.78, 5) is 0. The second-order valence-electron chi connectivity index (χ2n) is 4.54. The Morgan fingerprint density at radius 3 is 2.42 bits per heavy atom. The molecule has 2 bridgehead atoms. The van der Waals surface area contributed by atoms with Crippen molar-refractivity contribution in [3.63, 3.8) is 0 Å². The van der Waals surface area contributed by atoms with Crippen LogP contribution in [0.15, 0.2) is 0 Å². The van der Waals surface area contributed by atoms with Gasteiger partial charge in [0.1, 0.15) is 12.6 Å². The number of piperidine rings is 3. The number of rotatable bonds is 0. The van der Waals surface area contributed by atoms with Gasteiger partial charge in [-0.15, -0.1) is 0 Å². The largest absolute Gasteiger partial charge is 0.370 e. The Labute approximate surface area is 72.8 Å². The van der Waals surface area contributed by atoms with Gasteiger partial charge in [-0.2, -0.15) is 5.26 Å². The molecule has 66 valence electrons. The van der Waals surface area contributed by atoms with E-state index >= 15 is 0 Å². The molecule has 0 radical (unpaired) electrons. The van der Waals surface area contributed by atoms with Crippen molar-refractivity contribution in [2.75, 3.05) is 26.7 Å². The molecule has 0 saturated carbocycles. The van der Waals surface area contributed by atoms with Crippen molar-refractivity contribution in [1.29, 1.82) is 5.26 Å². The second-order valence-corrected chi connectivity index (χ2v) is 4.54. The maximum absolute atomic E-state index is 9.96. The minimum atomic E-state index is -1.02. The molecule has 0 aromatic rings. The predicted molar refractivity (Wildman–Crippen MR) is 44.1 cm³/mol. The fourth-order valence-electron chi connectivity index (χ4n) is 2.66. The number of nitrogens with zero attached hydrogens (tertiary/aromatic N) is 2. The van der Waals surface area contributed by atoms with Crippen LogP contribution in [0, 0.1) is 17.2 Å². The lowest BCUT2D eigenvalue weighted by atomic mass is 9.75. The SMILES string of the molecule is C[N+]12CCC(CC1)[C@](O)(C#N)C2. The third kappa shape index (κ3) is 0.954. The minimum Gasteiger partial charge on any atom is -0.370 e. The Hall–Kier alpha value is -0.590. The van der Waals surface area contributed by atoms with Crippen LogP contribution < -0.4 is 0 Å². The quantitative estimate of drug-likeness (QED) is 0.411. The topological polar surface area (TPSA) is 44.0 Å². The summed E-state index contributed by atoms with van der Waals surface area (Å²) in [5, 5.41) is 18.8. The first-order chi connectivity index (χ1) is 5.58. The zero-order valence-electron chi connectivity index (χ0n) is 7.45. The lowest BCUT2D eigenvalue weighted by Gasteiger charge is -2.51. The van der Waals surface area contributed by atoms with E-state index in [9.17, 15) is 5.11 Å². The van der Waals surface area contributed by atoms with E-state index < -0.39 is 5.60 Å². The van der Waals surface area contributed by atoms with Crippen LogP contribution in [-0.2, 0) is 0 Å². The molecule has 3 aliphatic rings. The van der Waals surface area contributed by atoms with Crippen LogP contribution in [0.3, 0.4) is 0 Å². The van der Waals surface area contributed by atoms with Gasteiger partial charge < -0.3 is 9.59 Å². The van der Waals surface area contributed by atoms with Crippen molar-refractivity contribution in [2.45, 2.75) is 18.4 Å². The highest BCUT2D eigenvalue weighted by Gasteiger charge is 2.53. The normalized spacial score (nSPS) is 51.9. The molecule has 0 aliphatic carbocycles. The molecule has 0 amide bonds. The smallest absolute Gasteiger partial charge is 0.203 e. The summed E-state index contributed by atoms with van der Waals surface area (Å²) in [5.74, 6) is 0.238. The Morgan fingerprint density at radius 2 is 2.08 bits per heavy atom. The van der Waals surface area contributed by atoms with Gasteiger partial charge in [0.2, 0.25) is 5.60 Å². The average Bonchev–Trinajstić information content (AvgIpc) is 2.04. The Bertz CT molecular complexity index is 237. The van der Waals surface area contributed by atoms with Crippen molar-refractivity contribution in [3.05, 3.63) is 0 Å². The van der Waals surface area contributed by atoms with Gasteiger partial charge in [-0.1, -0.05) is 0 Å². The Kier molecular flexibility index (Phi) is 1.48. The number of aliphatic hydroxyl groups is 1. The molecule has 3 saturated heterocycles. The molecule has 0 unspecified atom stereocenters. The average molecular weight is 167 g/mol. The molecule has 1 N–H and O–H groups in total. The van der Waals surface area contributed by atoms with Crippen molar-refractivity contribution in [1.82, 2.24) is 0 Å². The number of fused-ring (bicyclic) bond motifs is 3. The molecule has 0 aromatic heterocycles. The van der Waals surface area contributed by atoms with Gasteiger partial charge in [0.25, 0.3) is 0 Å². The Morgan fingerprint density at radius 1 is 1.50 bits per heavy atom. The first kappa shape index (κ1) is 8.03. The van der Waals surface area contributed by atoms with Crippen molar-refractivity contribution in [3.8, 4) is 6.07 Å². The third-order valence-corrected chi connectivity index (χ3v) is 3.53. The fourth-order valence-corrected chi connectivity index (χ4v) is 2.66. The van der Waals surface area contributed by atoms with E-state index in [1.54, 1.807) is 0 Å². The van der Waals surface area contributed by atoms with Gasteiger partial charge in [0.15, 0.2) is 0 Å². The maximum Gasteiger partial charge on any atom is 0.203 e. The van der Waals surface area contributed by atoms with Crippen LogP contribution in [0.25, 0.3) is 0 Å². The summed E-state index contributed by atoms with van der Waals surface area (Å²) in [6.07, 6.45) is 2.03. The number of hydrogen-bond acceptors (Lipinski definition) is 2. The van der Waals surface area contributed by atoms with E-state index in [4.69, 9.17) is 5.26 Å². The molecule has 3 nitrogen and oxygen atoms in total. The van der Waals surface area contributed by atoms with Crippen molar-refractivity contribution in [2.24, 2.45) is 5.92 Å². The second kappa shape index (κ2) is 2.21. The van der Waals surface area contributed by atoms with Gasteiger partial charge in [-0.3, -0.25) is 0 Å². The maximum atomic E-state index is 9.96. The molecule has 0 spiro atoms. The van der Waals surface area contributed by atoms with E-state index in [2.05, 4.69) is 13.1 Å². The number of nitriles is 1. The molecular formula is C9H15N2O+. The zero-order valence-corrected chi connectivity index (χ0v) is 7.45. The Balaban J connectivity index is 2.28. The van der Waals surface area contributed by atoms with Crippen molar-refractivity contribution < 1.29 is 9.59 Å².